The summed E-state index contributed by atoms with van der Waals surface area (Å²) < 4.78 is 9.81. The van der Waals surface area contributed by atoms with Crippen LogP contribution in [0.25, 0.3) is 11.0 Å². The molecule has 96 valence electrons. The highest BCUT2D eigenvalue weighted by Crippen LogP contribution is 2.29. The summed E-state index contributed by atoms with van der Waals surface area (Å²) in [5.41, 5.74) is 2.12. The smallest absolute Gasteiger partial charge is 0.178 e. The highest BCUT2D eigenvalue weighted by atomic mass is 79.9. The van der Waals surface area contributed by atoms with E-state index in [1.54, 1.807) is 0 Å². The minimum Gasteiger partial charge on any atom is -0.373 e. The number of aromatic nitrogens is 2. The number of fused-ring (bicyclic) bond motifs is 1. The molecule has 1 saturated heterocycles. The van der Waals surface area contributed by atoms with Gasteiger partial charge >= 0.3 is 0 Å². The van der Waals surface area contributed by atoms with Crippen LogP contribution in [0, 0.1) is 4.77 Å². The van der Waals surface area contributed by atoms with E-state index in [0.717, 1.165) is 46.3 Å². The van der Waals surface area contributed by atoms with Crippen molar-refractivity contribution in [3.05, 3.63) is 27.4 Å². The third kappa shape index (κ3) is 2.15. The van der Waals surface area contributed by atoms with Gasteiger partial charge in [0.05, 0.1) is 23.2 Å². The largest absolute Gasteiger partial charge is 0.373 e. The third-order valence-corrected chi connectivity index (χ3v) is 4.34. The van der Waals surface area contributed by atoms with Crippen LogP contribution in [0.15, 0.2) is 22.7 Å². The quantitative estimate of drug-likeness (QED) is 0.844. The normalized spacial score (nSPS) is 23.9. The van der Waals surface area contributed by atoms with Crippen LogP contribution >= 0.6 is 28.1 Å². The molecule has 1 aromatic carbocycles. The number of halogens is 1. The van der Waals surface area contributed by atoms with Crippen molar-refractivity contribution < 1.29 is 4.74 Å². The van der Waals surface area contributed by atoms with Crippen LogP contribution in [0.4, 0.5) is 0 Å². The Labute approximate surface area is 119 Å². The molecule has 0 aliphatic carbocycles. The maximum absolute atomic E-state index is 5.85. The number of nitrogens with zero attached hydrogens (tertiary/aromatic N) is 1. The topological polar surface area (TPSA) is 29.9 Å². The molecular weight excluding hydrogens is 312 g/mol. The van der Waals surface area contributed by atoms with Gasteiger partial charge in [0.25, 0.3) is 0 Å². The molecule has 0 radical (unpaired) electrons. The van der Waals surface area contributed by atoms with Crippen LogP contribution < -0.4 is 0 Å². The molecule has 1 unspecified atom stereocenters. The molecule has 1 N–H and O–H groups in total. The zero-order valence-corrected chi connectivity index (χ0v) is 12.6. The molecule has 3 rings (SSSR count). The molecule has 18 heavy (non-hydrogen) atoms. The number of H-pyrrole nitrogens is 1. The molecule has 0 spiro atoms. The van der Waals surface area contributed by atoms with Gasteiger partial charge in [-0.3, -0.25) is 0 Å². The molecule has 3 nitrogen and oxygen atoms in total. The molecular formula is C13H15BrN2OS. The van der Waals surface area contributed by atoms with Crippen LogP contribution in [0.1, 0.15) is 19.8 Å². The molecule has 2 aromatic rings. The van der Waals surface area contributed by atoms with Gasteiger partial charge in [0, 0.05) is 11.1 Å². The van der Waals surface area contributed by atoms with Gasteiger partial charge in [-0.15, -0.1) is 0 Å². The van der Waals surface area contributed by atoms with Crippen LogP contribution in [0.2, 0.25) is 0 Å². The van der Waals surface area contributed by atoms with Crippen LogP contribution in [-0.2, 0) is 11.3 Å². The number of imidazole rings is 1. The molecule has 1 aliphatic heterocycles. The van der Waals surface area contributed by atoms with E-state index in [9.17, 15) is 0 Å². The molecule has 0 amide bonds. The molecule has 0 bridgehead atoms. The Bertz CT molecular complexity index is 640. The predicted octanol–water partition coefficient (Wildman–Crippen LogP) is 4.03. The number of hydrogen-bond acceptors (Lipinski definition) is 2. The zero-order chi connectivity index (χ0) is 12.8. The van der Waals surface area contributed by atoms with Crippen molar-refractivity contribution >= 4 is 39.2 Å². The summed E-state index contributed by atoms with van der Waals surface area (Å²) in [5.74, 6) is 0. The van der Waals surface area contributed by atoms with Gasteiger partial charge in [-0.05, 0) is 50.2 Å². The van der Waals surface area contributed by atoms with Gasteiger partial charge in [0.15, 0.2) is 4.77 Å². The SMILES string of the molecule is CC1(Cn2c(=S)[nH]c3cc(Br)ccc32)CCCO1. The number of rotatable bonds is 2. The summed E-state index contributed by atoms with van der Waals surface area (Å²) in [6.07, 6.45) is 2.23. The van der Waals surface area contributed by atoms with E-state index in [0.29, 0.717) is 0 Å². The van der Waals surface area contributed by atoms with Gasteiger partial charge in [-0.1, -0.05) is 15.9 Å². The van der Waals surface area contributed by atoms with Gasteiger partial charge in [0.1, 0.15) is 0 Å². The average Bonchev–Trinajstić information content (AvgIpc) is 2.85. The first-order valence-electron chi connectivity index (χ1n) is 6.09. The summed E-state index contributed by atoms with van der Waals surface area (Å²) in [4.78, 5) is 3.25. The number of ether oxygens (including phenoxy) is 1. The Morgan fingerprint density at radius 2 is 2.39 bits per heavy atom. The van der Waals surface area contributed by atoms with Crippen LogP contribution in [0.3, 0.4) is 0 Å². The highest BCUT2D eigenvalue weighted by molar-refractivity contribution is 9.10. The Hall–Kier alpha value is -0.650. The number of aromatic amines is 1. The van der Waals surface area contributed by atoms with Crippen molar-refractivity contribution in [1.29, 1.82) is 0 Å². The molecule has 1 aliphatic rings. The van der Waals surface area contributed by atoms with Gasteiger partial charge in [-0.2, -0.15) is 0 Å². The average molecular weight is 327 g/mol. The van der Waals surface area contributed by atoms with E-state index in [4.69, 9.17) is 17.0 Å². The van der Waals surface area contributed by atoms with E-state index in [1.807, 2.05) is 6.07 Å². The Kier molecular flexibility index (Phi) is 3.08. The Balaban J connectivity index is 2.06. The van der Waals surface area contributed by atoms with E-state index in [2.05, 4.69) is 44.5 Å². The first-order chi connectivity index (χ1) is 8.57. The number of hydrogen-bond donors (Lipinski definition) is 1. The van der Waals surface area contributed by atoms with Crippen molar-refractivity contribution in [3.63, 3.8) is 0 Å². The maximum Gasteiger partial charge on any atom is 0.178 e. The highest BCUT2D eigenvalue weighted by Gasteiger charge is 2.30. The van der Waals surface area contributed by atoms with Gasteiger partial charge in [-0.25, -0.2) is 0 Å². The predicted molar refractivity (Wildman–Crippen MR) is 78.4 cm³/mol. The summed E-state index contributed by atoms with van der Waals surface area (Å²) in [5, 5.41) is 0. The first kappa shape index (κ1) is 12.4. The fourth-order valence-electron chi connectivity index (χ4n) is 2.59. The van der Waals surface area contributed by atoms with Crippen molar-refractivity contribution in [2.45, 2.75) is 31.9 Å². The lowest BCUT2D eigenvalue weighted by atomic mass is 10.0. The second-order valence-electron chi connectivity index (χ2n) is 5.08. The lowest BCUT2D eigenvalue weighted by molar-refractivity contribution is 0.00679. The molecule has 1 atom stereocenters. The van der Waals surface area contributed by atoms with Gasteiger partial charge < -0.3 is 14.3 Å². The fraction of sp³-hybridized carbons (Fsp3) is 0.462. The summed E-state index contributed by atoms with van der Waals surface area (Å²) >= 11 is 8.89. The van der Waals surface area contributed by atoms with Crippen LogP contribution in [-0.4, -0.2) is 21.8 Å². The molecule has 5 heteroatoms. The number of benzene rings is 1. The molecule has 1 aromatic heterocycles. The second-order valence-corrected chi connectivity index (χ2v) is 6.38. The number of nitrogens with one attached hydrogen (secondary N) is 1. The zero-order valence-electron chi connectivity index (χ0n) is 10.2. The van der Waals surface area contributed by atoms with Crippen LogP contribution in [0.5, 0.6) is 0 Å². The molecule has 1 fully saturated rings. The van der Waals surface area contributed by atoms with Crippen molar-refractivity contribution in [3.8, 4) is 0 Å². The van der Waals surface area contributed by atoms with E-state index < -0.39 is 0 Å². The Morgan fingerprint density at radius 1 is 1.56 bits per heavy atom. The summed E-state index contributed by atoms with van der Waals surface area (Å²) in [6, 6.07) is 6.18. The minimum atomic E-state index is -0.0829. The van der Waals surface area contributed by atoms with Crippen molar-refractivity contribution in [1.82, 2.24) is 9.55 Å². The van der Waals surface area contributed by atoms with E-state index >= 15 is 0 Å². The maximum atomic E-state index is 5.85. The first-order valence-corrected chi connectivity index (χ1v) is 7.30. The third-order valence-electron chi connectivity index (χ3n) is 3.53. The van der Waals surface area contributed by atoms with Crippen molar-refractivity contribution in [2.75, 3.05) is 6.61 Å². The summed E-state index contributed by atoms with van der Waals surface area (Å²) in [7, 11) is 0. The summed E-state index contributed by atoms with van der Waals surface area (Å²) in [6.45, 7) is 3.84. The lowest BCUT2D eigenvalue weighted by Gasteiger charge is -2.23. The standard InChI is InChI=1S/C13H15BrN2OS/c1-13(5-2-6-17-13)8-16-11-4-3-9(14)7-10(11)15-12(16)18/h3-4,7H,2,5-6,8H2,1H3,(H,15,18). The monoisotopic (exact) mass is 326 g/mol. The molecule has 2 heterocycles. The van der Waals surface area contributed by atoms with Gasteiger partial charge in [0.2, 0.25) is 0 Å². The lowest BCUT2D eigenvalue weighted by Crippen LogP contribution is -2.29. The second kappa shape index (κ2) is 4.47. The van der Waals surface area contributed by atoms with Crippen molar-refractivity contribution in [2.24, 2.45) is 0 Å². The fourth-order valence-corrected chi connectivity index (χ4v) is 3.22. The molecule has 0 saturated carbocycles. The van der Waals surface area contributed by atoms with E-state index in [-0.39, 0.29) is 5.60 Å². The minimum absolute atomic E-state index is 0.0829. The Morgan fingerprint density at radius 3 is 3.11 bits per heavy atom. The van der Waals surface area contributed by atoms with E-state index in [1.165, 1.54) is 0 Å².